The Labute approximate surface area is 157 Å². The first kappa shape index (κ1) is 19.6. The average Bonchev–Trinajstić information content (AvgIpc) is 3.06. The summed E-state index contributed by atoms with van der Waals surface area (Å²) in [6, 6.07) is 11.8. The average molecular weight is 411 g/mol. The van der Waals surface area contributed by atoms with E-state index in [4.69, 9.17) is 9.88 Å². The molecular weight excluding hydrogens is 399 g/mol. The van der Waals surface area contributed by atoms with Crippen molar-refractivity contribution in [2.45, 2.75) is 11.1 Å². The van der Waals surface area contributed by atoms with E-state index in [1.165, 1.54) is 24.3 Å². The number of carbonyl (C=O) groups is 1. The molecule has 0 saturated heterocycles. The summed E-state index contributed by atoms with van der Waals surface area (Å²) in [5, 5.41) is 8.60. The van der Waals surface area contributed by atoms with Gasteiger partial charge in [-0.15, -0.1) is 0 Å². The zero-order valence-corrected chi connectivity index (χ0v) is 14.7. The van der Waals surface area contributed by atoms with Crippen molar-refractivity contribution in [1.29, 1.82) is 0 Å². The minimum Gasteiger partial charge on any atom is -0.419 e. The van der Waals surface area contributed by atoms with Crippen LogP contribution < -0.4 is 9.88 Å². The molecule has 0 saturated carbocycles. The fourth-order valence-electron chi connectivity index (χ4n) is 2.37. The quantitative estimate of drug-likeness (QED) is 0.665. The normalized spacial score (nSPS) is 12.0. The third-order valence-electron chi connectivity index (χ3n) is 3.63. The highest BCUT2D eigenvalue weighted by molar-refractivity contribution is 7.89. The van der Waals surface area contributed by atoms with Crippen LogP contribution in [0.2, 0.25) is 0 Å². The van der Waals surface area contributed by atoms with Crippen LogP contribution in [0, 0.1) is 0 Å². The number of alkyl halides is 3. The molecule has 0 amide bonds. The molecule has 2 aromatic carbocycles. The van der Waals surface area contributed by atoms with Gasteiger partial charge in [-0.25, -0.2) is 23.0 Å². The summed E-state index contributed by atoms with van der Waals surface area (Å²) in [7, 11) is -4.00. The minimum absolute atomic E-state index is 0.0703. The first-order valence-electron chi connectivity index (χ1n) is 7.63. The number of esters is 1. The number of benzene rings is 2. The van der Waals surface area contributed by atoms with E-state index in [9.17, 15) is 26.4 Å². The lowest BCUT2D eigenvalue weighted by atomic mass is 10.2. The van der Waals surface area contributed by atoms with E-state index in [0.29, 0.717) is 4.68 Å². The van der Waals surface area contributed by atoms with Crippen molar-refractivity contribution in [3.05, 3.63) is 72.1 Å². The zero-order chi connectivity index (χ0) is 20.5. The highest BCUT2D eigenvalue weighted by atomic mass is 32.2. The van der Waals surface area contributed by atoms with E-state index in [2.05, 4.69) is 5.10 Å². The van der Waals surface area contributed by atoms with Gasteiger partial charge in [0.05, 0.1) is 22.3 Å². The molecule has 1 heterocycles. The van der Waals surface area contributed by atoms with Crippen LogP contribution in [0.5, 0.6) is 5.75 Å². The van der Waals surface area contributed by atoms with E-state index < -0.39 is 33.6 Å². The number of primary sulfonamides is 1. The second-order valence-corrected chi connectivity index (χ2v) is 7.12. The molecule has 0 aliphatic rings. The van der Waals surface area contributed by atoms with Gasteiger partial charge >= 0.3 is 12.1 Å². The number of hydrogen-bond donors (Lipinski definition) is 1. The molecule has 0 aliphatic heterocycles. The number of carbonyl (C=O) groups excluding carboxylic acids is 1. The molecule has 11 heteroatoms. The minimum atomic E-state index is -4.90. The standard InChI is InChI=1S/C17H12F3N3O4S/c18-17(19,20)15-14(27-16(24)11-4-2-1-3-5-11)10-22-23(15)12-6-8-13(9-7-12)28(21,25)26/h1-10H,(H2,21,25,26). The Morgan fingerprint density at radius 1 is 1.04 bits per heavy atom. The van der Waals surface area contributed by atoms with E-state index in [1.54, 1.807) is 6.07 Å². The van der Waals surface area contributed by atoms with Crippen molar-refractivity contribution in [3.8, 4) is 11.4 Å². The Bertz CT molecular complexity index is 1110. The van der Waals surface area contributed by atoms with Gasteiger partial charge in [-0.2, -0.15) is 18.3 Å². The number of halogens is 3. The second kappa shape index (κ2) is 7.09. The number of hydrogen-bond acceptors (Lipinski definition) is 5. The second-order valence-electron chi connectivity index (χ2n) is 5.56. The van der Waals surface area contributed by atoms with Gasteiger partial charge in [-0.1, -0.05) is 18.2 Å². The van der Waals surface area contributed by atoms with Crippen LogP contribution in [0.3, 0.4) is 0 Å². The van der Waals surface area contributed by atoms with Gasteiger partial charge in [0.1, 0.15) is 0 Å². The van der Waals surface area contributed by atoms with Crippen LogP contribution in [-0.2, 0) is 16.2 Å². The Hall–Kier alpha value is -3.18. The third-order valence-corrected chi connectivity index (χ3v) is 4.56. The Morgan fingerprint density at radius 3 is 2.18 bits per heavy atom. The van der Waals surface area contributed by atoms with Gasteiger partial charge in [0.15, 0.2) is 11.4 Å². The highest BCUT2D eigenvalue weighted by Gasteiger charge is 2.40. The van der Waals surface area contributed by atoms with Crippen LogP contribution in [0.4, 0.5) is 13.2 Å². The van der Waals surface area contributed by atoms with E-state index in [0.717, 1.165) is 30.5 Å². The summed E-state index contributed by atoms with van der Waals surface area (Å²) in [5.41, 5.74) is -1.34. The van der Waals surface area contributed by atoms with Crippen LogP contribution in [0.1, 0.15) is 16.1 Å². The van der Waals surface area contributed by atoms with Crippen molar-refractivity contribution in [2.24, 2.45) is 5.14 Å². The van der Waals surface area contributed by atoms with Gasteiger partial charge < -0.3 is 4.74 Å². The largest absolute Gasteiger partial charge is 0.437 e. The topological polar surface area (TPSA) is 104 Å². The summed E-state index contributed by atoms with van der Waals surface area (Å²) in [6.07, 6.45) is -4.14. The van der Waals surface area contributed by atoms with E-state index >= 15 is 0 Å². The van der Waals surface area contributed by atoms with Crippen molar-refractivity contribution < 1.29 is 31.1 Å². The van der Waals surface area contributed by atoms with Crippen molar-refractivity contribution >= 4 is 16.0 Å². The van der Waals surface area contributed by atoms with Crippen molar-refractivity contribution in [3.63, 3.8) is 0 Å². The SMILES string of the molecule is NS(=O)(=O)c1ccc(-n2ncc(OC(=O)c3ccccc3)c2C(F)(F)F)cc1. The smallest absolute Gasteiger partial charge is 0.419 e. The van der Waals surface area contributed by atoms with Crippen LogP contribution in [-0.4, -0.2) is 24.2 Å². The van der Waals surface area contributed by atoms with Gasteiger partial charge in [0, 0.05) is 0 Å². The summed E-state index contributed by atoms with van der Waals surface area (Å²) in [5.74, 6) is -1.76. The first-order chi connectivity index (χ1) is 13.1. The fraction of sp³-hybridized carbons (Fsp3) is 0.0588. The Morgan fingerprint density at radius 2 is 1.64 bits per heavy atom. The predicted molar refractivity (Wildman–Crippen MR) is 91.3 cm³/mol. The lowest BCUT2D eigenvalue weighted by Crippen LogP contribution is -2.17. The van der Waals surface area contributed by atoms with E-state index in [-0.39, 0.29) is 16.1 Å². The number of rotatable bonds is 4. The van der Waals surface area contributed by atoms with Crippen molar-refractivity contribution in [2.75, 3.05) is 0 Å². The lowest BCUT2D eigenvalue weighted by Gasteiger charge is -2.13. The molecule has 1 aromatic heterocycles. The van der Waals surface area contributed by atoms with Gasteiger partial charge in [0.25, 0.3) is 0 Å². The first-order valence-corrected chi connectivity index (χ1v) is 9.17. The van der Waals surface area contributed by atoms with Crippen LogP contribution in [0.25, 0.3) is 5.69 Å². The monoisotopic (exact) mass is 411 g/mol. The molecule has 3 aromatic rings. The molecule has 0 radical (unpaired) electrons. The summed E-state index contributed by atoms with van der Waals surface area (Å²) in [4.78, 5) is 11.8. The highest BCUT2D eigenvalue weighted by Crippen LogP contribution is 2.38. The predicted octanol–water partition coefficient (Wildman–Crippen LogP) is 2.76. The summed E-state index contributed by atoms with van der Waals surface area (Å²) in [6.45, 7) is 0. The summed E-state index contributed by atoms with van der Waals surface area (Å²) < 4.78 is 68.7. The number of ether oxygens (including phenoxy) is 1. The molecule has 2 N–H and O–H groups in total. The molecule has 0 bridgehead atoms. The molecule has 28 heavy (non-hydrogen) atoms. The number of sulfonamides is 1. The number of aromatic nitrogens is 2. The van der Waals surface area contributed by atoms with Crippen LogP contribution in [0.15, 0.2) is 65.7 Å². The molecule has 0 unspecified atom stereocenters. The fourth-order valence-corrected chi connectivity index (χ4v) is 2.89. The molecular formula is C17H12F3N3O4S. The third kappa shape index (κ3) is 4.05. The van der Waals surface area contributed by atoms with Gasteiger partial charge in [-0.3, -0.25) is 0 Å². The molecule has 0 fully saturated rings. The molecule has 146 valence electrons. The maximum absolute atomic E-state index is 13.6. The number of nitrogens with two attached hydrogens (primary N) is 1. The summed E-state index contributed by atoms with van der Waals surface area (Å²) >= 11 is 0. The number of nitrogens with zero attached hydrogens (tertiary/aromatic N) is 2. The lowest BCUT2D eigenvalue weighted by molar-refractivity contribution is -0.143. The Kier molecular flexibility index (Phi) is 4.96. The molecule has 0 atom stereocenters. The van der Waals surface area contributed by atoms with Crippen LogP contribution >= 0.6 is 0 Å². The Balaban J connectivity index is 2.01. The molecule has 3 rings (SSSR count). The van der Waals surface area contributed by atoms with E-state index in [1.807, 2.05) is 0 Å². The molecule has 7 nitrogen and oxygen atoms in total. The zero-order valence-electron chi connectivity index (χ0n) is 13.9. The maximum Gasteiger partial charge on any atom is 0.437 e. The molecule has 0 aliphatic carbocycles. The molecule has 0 spiro atoms. The van der Waals surface area contributed by atoms with Crippen molar-refractivity contribution in [1.82, 2.24) is 9.78 Å². The maximum atomic E-state index is 13.6. The van der Waals surface area contributed by atoms with Gasteiger partial charge in [-0.05, 0) is 36.4 Å². The van der Waals surface area contributed by atoms with Gasteiger partial charge in [0.2, 0.25) is 10.0 Å².